The van der Waals surface area contributed by atoms with Gasteiger partial charge in [0.25, 0.3) is 0 Å². The number of aromatic nitrogens is 2. The second-order valence-corrected chi connectivity index (χ2v) is 3.08. The average molecular weight is 201 g/mol. The number of anilines is 1. The van der Waals surface area contributed by atoms with Gasteiger partial charge >= 0.3 is 0 Å². The highest BCUT2D eigenvalue weighted by atomic mass is 16.3. The van der Waals surface area contributed by atoms with Gasteiger partial charge in [0.2, 0.25) is 5.88 Å². The number of hydrogen-bond acceptors (Lipinski definition) is 4. The summed E-state index contributed by atoms with van der Waals surface area (Å²) in [4.78, 5) is 7.77. The van der Waals surface area contributed by atoms with E-state index in [1.165, 1.54) is 0 Å². The third kappa shape index (κ3) is 2.43. The van der Waals surface area contributed by atoms with Crippen LogP contribution in [-0.2, 0) is 6.54 Å². The van der Waals surface area contributed by atoms with Gasteiger partial charge in [0.1, 0.15) is 0 Å². The van der Waals surface area contributed by atoms with Crippen LogP contribution in [0.3, 0.4) is 0 Å². The van der Waals surface area contributed by atoms with E-state index in [4.69, 9.17) is 0 Å². The number of pyridine rings is 2. The Hall–Kier alpha value is -2.10. The van der Waals surface area contributed by atoms with Crippen molar-refractivity contribution in [1.82, 2.24) is 9.97 Å². The lowest BCUT2D eigenvalue weighted by Crippen LogP contribution is -2.00. The molecule has 0 fully saturated rings. The molecule has 4 heteroatoms. The highest BCUT2D eigenvalue weighted by Crippen LogP contribution is 2.13. The highest BCUT2D eigenvalue weighted by molar-refractivity contribution is 5.41. The van der Waals surface area contributed by atoms with Crippen LogP contribution in [0.2, 0.25) is 0 Å². The van der Waals surface area contributed by atoms with Crippen LogP contribution >= 0.6 is 0 Å². The van der Waals surface area contributed by atoms with Crippen molar-refractivity contribution in [2.75, 3.05) is 5.32 Å². The second-order valence-electron chi connectivity index (χ2n) is 3.08. The Morgan fingerprint density at radius 1 is 1.20 bits per heavy atom. The Morgan fingerprint density at radius 3 is 2.80 bits per heavy atom. The summed E-state index contributed by atoms with van der Waals surface area (Å²) < 4.78 is 0. The minimum Gasteiger partial charge on any atom is -0.493 e. The van der Waals surface area contributed by atoms with E-state index in [0.29, 0.717) is 6.54 Å². The van der Waals surface area contributed by atoms with Crippen LogP contribution < -0.4 is 5.32 Å². The van der Waals surface area contributed by atoms with Crippen molar-refractivity contribution in [2.24, 2.45) is 0 Å². The molecule has 0 amide bonds. The molecular weight excluding hydrogens is 190 g/mol. The lowest BCUT2D eigenvalue weighted by Gasteiger charge is -2.06. The SMILES string of the molecule is Oc1ncccc1CNc1cccnc1. The Labute approximate surface area is 87.6 Å². The Balaban J connectivity index is 2.03. The third-order valence-corrected chi connectivity index (χ3v) is 2.01. The van der Waals surface area contributed by atoms with E-state index in [2.05, 4.69) is 15.3 Å². The zero-order valence-electron chi connectivity index (χ0n) is 8.09. The van der Waals surface area contributed by atoms with Crippen molar-refractivity contribution in [2.45, 2.75) is 6.54 Å². The largest absolute Gasteiger partial charge is 0.493 e. The number of nitrogens with zero attached hydrogens (tertiary/aromatic N) is 2. The molecule has 2 rings (SSSR count). The maximum atomic E-state index is 9.42. The van der Waals surface area contributed by atoms with E-state index in [-0.39, 0.29) is 5.88 Å². The van der Waals surface area contributed by atoms with Gasteiger partial charge in [-0.2, -0.15) is 0 Å². The topological polar surface area (TPSA) is 58.0 Å². The van der Waals surface area contributed by atoms with E-state index < -0.39 is 0 Å². The summed E-state index contributed by atoms with van der Waals surface area (Å²) in [6, 6.07) is 7.39. The van der Waals surface area contributed by atoms with E-state index in [1.54, 1.807) is 24.7 Å². The van der Waals surface area contributed by atoms with Crippen LogP contribution in [-0.4, -0.2) is 15.1 Å². The fourth-order valence-corrected chi connectivity index (χ4v) is 1.23. The smallest absolute Gasteiger partial charge is 0.215 e. The van der Waals surface area contributed by atoms with Gasteiger partial charge in [-0.15, -0.1) is 0 Å². The first kappa shape index (κ1) is 9.45. The van der Waals surface area contributed by atoms with Crippen LogP contribution in [0.25, 0.3) is 0 Å². The summed E-state index contributed by atoms with van der Waals surface area (Å²) in [5.74, 6) is 0.0638. The van der Waals surface area contributed by atoms with Crippen LogP contribution in [0, 0.1) is 0 Å². The van der Waals surface area contributed by atoms with Crippen molar-refractivity contribution >= 4 is 5.69 Å². The molecule has 0 spiro atoms. The highest BCUT2D eigenvalue weighted by Gasteiger charge is 1.99. The zero-order valence-corrected chi connectivity index (χ0v) is 8.09. The standard InChI is InChI=1S/C11H11N3O/c15-11-9(3-1-6-13-11)7-14-10-4-2-5-12-8-10/h1-6,8,14H,7H2,(H,13,15). The molecule has 0 saturated heterocycles. The van der Waals surface area contributed by atoms with Gasteiger partial charge in [0.15, 0.2) is 0 Å². The normalized spacial score (nSPS) is 9.87. The maximum absolute atomic E-state index is 9.42. The summed E-state index contributed by atoms with van der Waals surface area (Å²) in [6.45, 7) is 0.533. The molecule has 0 saturated carbocycles. The molecule has 2 aromatic heterocycles. The van der Waals surface area contributed by atoms with Gasteiger partial charge in [-0.3, -0.25) is 4.98 Å². The molecule has 2 heterocycles. The molecule has 2 aromatic rings. The average Bonchev–Trinajstić information content (AvgIpc) is 2.29. The number of aromatic hydroxyl groups is 1. The predicted molar refractivity (Wildman–Crippen MR) is 57.5 cm³/mol. The van der Waals surface area contributed by atoms with Gasteiger partial charge in [-0.05, 0) is 18.2 Å². The summed E-state index contributed by atoms with van der Waals surface area (Å²) >= 11 is 0. The fourth-order valence-electron chi connectivity index (χ4n) is 1.23. The van der Waals surface area contributed by atoms with Gasteiger partial charge < -0.3 is 10.4 Å². The van der Waals surface area contributed by atoms with Crippen molar-refractivity contribution < 1.29 is 5.11 Å². The molecule has 76 valence electrons. The number of hydrogen-bond donors (Lipinski definition) is 2. The van der Waals surface area contributed by atoms with Crippen molar-refractivity contribution in [1.29, 1.82) is 0 Å². The van der Waals surface area contributed by atoms with Gasteiger partial charge in [0.05, 0.1) is 5.69 Å². The minimum atomic E-state index is 0.0638. The molecule has 4 nitrogen and oxygen atoms in total. The molecule has 2 N–H and O–H groups in total. The first-order valence-corrected chi connectivity index (χ1v) is 4.63. The first-order chi connectivity index (χ1) is 7.36. The lowest BCUT2D eigenvalue weighted by atomic mass is 10.2. The summed E-state index contributed by atoms with van der Waals surface area (Å²) in [6.07, 6.45) is 5.00. The first-order valence-electron chi connectivity index (χ1n) is 4.63. The summed E-state index contributed by atoms with van der Waals surface area (Å²) in [7, 11) is 0. The molecule has 0 atom stereocenters. The molecule has 0 aliphatic rings. The lowest BCUT2D eigenvalue weighted by molar-refractivity contribution is 0.447. The van der Waals surface area contributed by atoms with Crippen molar-refractivity contribution in [3.8, 4) is 5.88 Å². The molecule has 0 aromatic carbocycles. The third-order valence-electron chi connectivity index (χ3n) is 2.01. The van der Waals surface area contributed by atoms with Crippen LogP contribution in [0.5, 0.6) is 5.88 Å². The van der Waals surface area contributed by atoms with E-state index >= 15 is 0 Å². The Kier molecular flexibility index (Phi) is 2.78. The molecule has 0 radical (unpaired) electrons. The van der Waals surface area contributed by atoms with E-state index in [0.717, 1.165) is 11.3 Å². The van der Waals surface area contributed by atoms with Gasteiger partial charge in [-0.25, -0.2) is 4.98 Å². The molecular formula is C11H11N3O. The van der Waals surface area contributed by atoms with Crippen LogP contribution in [0.15, 0.2) is 42.9 Å². The zero-order chi connectivity index (χ0) is 10.5. The van der Waals surface area contributed by atoms with Gasteiger partial charge in [0, 0.05) is 30.7 Å². The molecule has 15 heavy (non-hydrogen) atoms. The number of nitrogens with one attached hydrogen (secondary N) is 1. The second kappa shape index (κ2) is 4.41. The van der Waals surface area contributed by atoms with Crippen LogP contribution in [0.1, 0.15) is 5.56 Å². The molecule has 0 aliphatic carbocycles. The van der Waals surface area contributed by atoms with Crippen molar-refractivity contribution in [3.63, 3.8) is 0 Å². The maximum Gasteiger partial charge on any atom is 0.215 e. The van der Waals surface area contributed by atoms with Crippen molar-refractivity contribution in [3.05, 3.63) is 48.4 Å². The predicted octanol–water partition coefficient (Wildman–Crippen LogP) is 1.79. The monoisotopic (exact) mass is 201 g/mol. The quantitative estimate of drug-likeness (QED) is 0.794. The van der Waals surface area contributed by atoms with Crippen LogP contribution in [0.4, 0.5) is 5.69 Å². The van der Waals surface area contributed by atoms with Gasteiger partial charge in [-0.1, -0.05) is 6.07 Å². The minimum absolute atomic E-state index is 0.0638. The Bertz CT molecular complexity index is 431. The summed E-state index contributed by atoms with van der Waals surface area (Å²) in [5.41, 5.74) is 1.68. The fraction of sp³-hybridized carbons (Fsp3) is 0.0909. The molecule has 0 aliphatic heterocycles. The Morgan fingerprint density at radius 2 is 2.07 bits per heavy atom. The number of rotatable bonds is 3. The van der Waals surface area contributed by atoms with E-state index in [9.17, 15) is 5.11 Å². The van der Waals surface area contributed by atoms with E-state index in [1.807, 2.05) is 18.2 Å². The molecule has 0 unspecified atom stereocenters. The summed E-state index contributed by atoms with van der Waals surface area (Å²) in [5, 5.41) is 12.6. The molecule has 0 bridgehead atoms.